The number of thioether (sulfide) groups is 1. The summed E-state index contributed by atoms with van der Waals surface area (Å²) >= 11 is 1.16. The summed E-state index contributed by atoms with van der Waals surface area (Å²) in [7, 11) is 0. The van der Waals surface area contributed by atoms with Gasteiger partial charge in [0.25, 0.3) is 0 Å². The summed E-state index contributed by atoms with van der Waals surface area (Å²) in [4.78, 5) is 21.9. The molecule has 0 heterocycles. The van der Waals surface area contributed by atoms with E-state index < -0.39 is 12.0 Å². The van der Waals surface area contributed by atoms with Crippen LogP contribution < -0.4 is 11.1 Å². The summed E-state index contributed by atoms with van der Waals surface area (Å²) in [6.07, 6.45) is 0. The number of hydrogen-bond donors (Lipinski definition) is 3. The molecule has 1 aromatic carbocycles. The predicted octanol–water partition coefficient (Wildman–Crippen LogP) is 0.587. The molecule has 0 aliphatic carbocycles. The van der Waals surface area contributed by atoms with Crippen molar-refractivity contribution in [2.24, 2.45) is 5.73 Å². The molecule has 104 valence electrons. The van der Waals surface area contributed by atoms with Gasteiger partial charge in [-0.1, -0.05) is 12.1 Å². The summed E-state index contributed by atoms with van der Waals surface area (Å²) < 4.78 is 12.6. The number of carbonyl (C=O) groups is 2. The van der Waals surface area contributed by atoms with E-state index in [1.807, 2.05) is 0 Å². The van der Waals surface area contributed by atoms with Gasteiger partial charge in [-0.05, 0) is 17.7 Å². The fraction of sp³-hybridized carbons (Fsp3) is 0.333. The zero-order valence-corrected chi connectivity index (χ0v) is 11.0. The van der Waals surface area contributed by atoms with E-state index in [2.05, 4.69) is 5.32 Å². The third-order valence-corrected chi connectivity index (χ3v) is 3.31. The van der Waals surface area contributed by atoms with Crippen LogP contribution in [0.1, 0.15) is 5.56 Å². The normalized spacial score (nSPS) is 11.9. The van der Waals surface area contributed by atoms with Crippen molar-refractivity contribution in [3.05, 3.63) is 35.6 Å². The Morgan fingerprint density at radius 1 is 1.37 bits per heavy atom. The Balaban J connectivity index is 2.21. The van der Waals surface area contributed by atoms with Crippen molar-refractivity contribution in [2.75, 3.05) is 11.5 Å². The minimum absolute atomic E-state index is 0.141. The van der Waals surface area contributed by atoms with Gasteiger partial charge in [-0.25, -0.2) is 4.39 Å². The molecule has 0 saturated heterocycles. The summed E-state index contributed by atoms with van der Waals surface area (Å²) in [6.45, 7) is 0.310. The smallest absolute Gasteiger partial charge is 0.321 e. The molecule has 1 atom stereocenters. The van der Waals surface area contributed by atoms with E-state index in [0.717, 1.165) is 17.3 Å². The van der Waals surface area contributed by atoms with E-state index in [1.165, 1.54) is 12.1 Å². The number of aliphatic carboxylic acids is 1. The number of carbonyl (C=O) groups excluding carboxylic acids is 1. The zero-order chi connectivity index (χ0) is 14.3. The van der Waals surface area contributed by atoms with Gasteiger partial charge in [0, 0.05) is 12.3 Å². The van der Waals surface area contributed by atoms with E-state index in [1.54, 1.807) is 12.1 Å². The van der Waals surface area contributed by atoms with Gasteiger partial charge < -0.3 is 16.2 Å². The van der Waals surface area contributed by atoms with Crippen LogP contribution in [0, 0.1) is 5.82 Å². The van der Waals surface area contributed by atoms with Gasteiger partial charge in [-0.15, -0.1) is 11.8 Å². The van der Waals surface area contributed by atoms with E-state index in [9.17, 15) is 14.0 Å². The minimum Gasteiger partial charge on any atom is -0.480 e. The van der Waals surface area contributed by atoms with Crippen LogP contribution in [-0.4, -0.2) is 34.5 Å². The van der Waals surface area contributed by atoms with E-state index in [4.69, 9.17) is 10.8 Å². The first-order valence-corrected chi connectivity index (χ1v) is 6.72. The van der Waals surface area contributed by atoms with Crippen LogP contribution in [0.4, 0.5) is 4.39 Å². The van der Waals surface area contributed by atoms with Gasteiger partial charge in [0.05, 0.1) is 5.75 Å². The topological polar surface area (TPSA) is 92.4 Å². The Morgan fingerprint density at radius 3 is 2.58 bits per heavy atom. The number of benzene rings is 1. The molecule has 1 aromatic rings. The lowest BCUT2D eigenvalue weighted by Gasteiger charge is -2.07. The second kappa shape index (κ2) is 7.75. The highest BCUT2D eigenvalue weighted by Gasteiger charge is 2.12. The van der Waals surface area contributed by atoms with Crippen molar-refractivity contribution in [1.29, 1.82) is 0 Å². The standard InChI is InChI=1S/C12H15FN2O3S/c13-9-3-1-8(2-4-9)5-15-11(16)7-19-6-10(14)12(17)18/h1-4,10H,5-7,14H2,(H,15,16)(H,17,18)/t10-/m0/s1. The molecule has 7 heteroatoms. The average Bonchev–Trinajstić information content (AvgIpc) is 2.37. The molecule has 1 amide bonds. The first-order valence-electron chi connectivity index (χ1n) is 5.56. The van der Waals surface area contributed by atoms with Gasteiger partial charge in [-0.2, -0.15) is 0 Å². The molecule has 0 aromatic heterocycles. The number of nitrogens with two attached hydrogens (primary N) is 1. The molecule has 0 aliphatic heterocycles. The highest BCUT2D eigenvalue weighted by molar-refractivity contribution is 8.00. The first kappa shape index (κ1) is 15.5. The molecule has 0 unspecified atom stereocenters. The lowest BCUT2D eigenvalue weighted by molar-refractivity contribution is -0.138. The van der Waals surface area contributed by atoms with Crippen LogP contribution in [0.5, 0.6) is 0 Å². The molecule has 0 radical (unpaired) electrons. The molecular weight excluding hydrogens is 271 g/mol. The van der Waals surface area contributed by atoms with Crippen molar-refractivity contribution in [1.82, 2.24) is 5.32 Å². The van der Waals surface area contributed by atoms with Gasteiger partial charge in [-0.3, -0.25) is 9.59 Å². The van der Waals surface area contributed by atoms with Crippen molar-refractivity contribution in [3.8, 4) is 0 Å². The number of halogens is 1. The van der Waals surface area contributed by atoms with Crippen LogP contribution >= 0.6 is 11.8 Å². The molecular formula is C12H15FN2O3S. The lowest BCUT2D eigenvalue weighted by atomic mass is 10.2. The number of hydrogen-bond acceptors (Lipinski definition) is 4. The van der Waals surface area contributed by atoms with Crippen molar-refractivity contribution >= 4 is 23.6 Å². The Labute approximate surface area is 114 Å². The van der Waals surface area contributed by atoms with Gasteiger partial charge in [0.2, 0.25) is 5.91 Å². The molecule has 1 rings (SSSR count). The number of rotatable bonds is 7. The Morgan fingerprint density at radius 2 is 2.00 bits per heavy atom. The Bertz CT molecular complexity index is 439. The summed E-state index contributed by atoms with van der Waals surface area (Å²) in [6, 6.07) is 4.85. The fourth-order valence-electron chi connectivity index (χ4n) is 1.20. The highest BCUT2D eigenvalue weighted by Crippen LogP contribution is 2.04. The van der Waals surface area contributed by atoms with E-state index in [0.29, 0.717) is 6.54 Å². The molecule has 19 heavy (non-hydrogen) atoms. The van der Waals surface area contributed by atoms with Crippen LogP contribution in [0.15, 0.2) is 24.3 Å². The number of amides is 1. The predicted molar refractivity (Wildman–Crippen MR) is 71.2 cm³/mol. The maximum Gasteiger partial charge on any atom is 0.321 e. The summed E-state index contributed by atoms with van der Waals surface area (Å²) in [5, 5.41) is 11.2. The average molecular weight is 286 g/mol. The maximum atomic E-state index is 12.6. The zero-order valence-electron chi connectivity index (χ0n) is 10.1. The van der Waals surface area contributed by atoms with Crippen LogP contribution in [0.2, 0.25) is 0 Å². The van der Waals surface area contributed by atoms with Crippen LogP contribution in [-0.2, 0) is 16.1 Å². The van der Waals surface area contributed by atoms with Gasteiger partial charge in [0.15, 0.2) is 0 Å². The molecule has 0 bridgehead atoms. The fourth-order valence-corrected chi connectivity index (χ4v) is 2.01. The molecule has 0 saturated carbocycles. The van der Waals surface area contributed by atoms with Crippen molar-refractivity contribution in [2.45, 2.75) is 12.6 Å². The third-order valence-electron chi connectivity index (χ3n) is 2.25. The van der Waals surface area contributed by atoms with Crippen LogP contribution in [0.3, 0.4) is 0 Å². The largest absolute Gasteiger partial charge is 0.480 e. The van der Waals surface area contributed by atoms with Gasteiger partial charge >= 0.3 is 5.97 Å². The third kappa shape index (κ3) is 6.21. The minimum atomic E-state index is -1.08. The summed E-state index contributed by atoms with van der Waals surface area (Å²) in [5.74, 6) is -1.30. The molecule has 5 nitrogen and oxygen atoms in total. The van der Waals surface area contributed by atoms with E-state index in [-0.39, 0.29) is 23.2 Å². The second-order valence-electron chi connectivity index (χ2n) is 3.86. The summed E-state index contributed by atoms with van der Waals surface area (Å²) in [5.41, 5.74) is 6.09. The SMILES string of the molecule is N[C@@H](CSCC(=O)NCc1ccc(F)cc1)C(=O)O. The number of carboxylic acid groups (broad SMARTS) is 1. The van der Waals surface area contributed by atoms with Crippen molar-refractivity contribution in [3.63, 3.8) is 0 Å². The molecule has 0 fully saturated rings. The van der Waals surface area contributed by atoms with E-state index >= 15 is 0 Å². The van der Waals surface area contributed by atoms with Crippen molar-refractivity contribution < 1.29 is 19.1 Å². The van der Waals surface area contributed by atoms with Gasteiger partial charge in [0.1, 0.15) is 11.9 Å². The van der Waals surface area contributed by atoms with Crippen LogP contribution in [0.25, 0.3) is 0 Å². The second-order valence-corrected chi connectivity index (χ2v) is 4.89. The monoisotopic (exact) mass is 286 g/mol. The molecule has 0 spiro atoms. The Kier molecular flexibility index (Phi) is 6.31. The lowest BCUT2D eigenvalue weighted by Crippen LogP contribution is -2.33. The first-order chi connectivity index (χ1) is 8.99. The quantitative estimate of drug-likeness (QED) is 0.682. The number of carboxylic acids is 1. The molecule has 0 aliphatic rings. The Hall–Kier alpha value is -1.60. The highest BCUT2D eigenvalue weighted by atomic mass is 32.2. The number of nitrogens with one attached hydrogen (secondary N) is 1. The maximum absolute atomic E-state index is 12.6. The molecule has 4 N–H and O–H groups in total.